The molecule has 0 heterocycles. The van der Waals surface area contributed by atoms with Gasteiger partial charge in [0, 0.05) is 13.5 Å². The van der Waals surface area contributed by atoms with Crippen molar-refractivity contribution in [3.63, 3.8) is 0 Å². The zero-order chi connectivity index (χ0) is 10.6. The molecule has 0 aromatic heterocycles. The lowest BCUT2D eigenvalue weighted by atomic mass is 9.69. The van der Waals surface area contributed by atoms with Gasteiger partial charge in [0.1, 0.15) is 0 Å². The van der Waals surface area contributed by atoms with Crippen LogP contribution in [0.15, 0.2) is 11.6 Å². The maximum atomic E-state index is 11.4. The summed E-state index contributed by atoms with van der Waals surface area (Å²) in [6.45, 7) is 4.31. The standard InChI is InChI=1S/C12H21NO/c1-4-10-7-5-6-8-12(10,2)9-11(14)13-3/h4H,5-9H2,1-3H3,(H,13,14)/b10-4-. The first kappa shape index (κ1) is 11.3. The predicted molar refractivity (Wildman–Crippen MR) is 59.0 cm³/mol. The Morgan fingerprint density at radius 1 is 1.57 bits per heavy atom. The van der Waals surface area contributed by atoms with Crippen molar-refractivity contribution in [2.75, 3.05) is 7.05 Å². The van der Waals surface area contributed by atoms with Crippen molar-refractivity contribution in [2.45, 2.75) is 46.0 Å². The average Bonchev–Trinajstić information content (AvgIpc) is 2.18. The molecule has 2 nitrogen and oxygen atoms in total. The van der Waals surface area contributed by atoms with E-state index in [4.69, 9.17) is 0 Å². The van der Waals surface area contributed by atoms with E-state index < -0.39 is 0 Å². The van der Waals surface area contributed by atoms with Crippen molar-refractivity contribution < 1.29 is 4.79 Å². The van der Waals surface area contributed by atoms with E-state index in [0.29, 0.717) is 6.42 Å². The van der Waals surface area contributed by atoms with Gasteiger partial charge in [-0.2, -0.15) is 0 Å². The van der Waals surface area contributed by atoms with Gasteiger partial charge in [-0.15, -0.1) is 0 Å². The molecule has 0 spiro atoms. The molecule has 1 amide bonds. The Morgan fingerprint density at radius 3 is 2.86 bits per heavy atom. The highest BCUT2D eigenvalue weighted by Gasteiger charge is 2.32. The zero-order valence-corrected chi connectivity index (χ0v) is 9.52. The fourth-order valence-corrected chi connectivity index (χ4v) is 2.43. The van der Waals surface area contributed by atoms with Crippen molar-refractivity contribution >= 4 is 5.91 Å². The van der Waals surface area contributed by atoms with Gasteiger partial charge in [-0.05, 0) is 31.6 Å². The number of hydrogen-bond acceptors (Lipinski definition) is 1. The molecule has 1 atom stereocenters. The van der Waals surface area contributed by atoms with Crippen LogP contribution < -0.4 is 5.32 Å². The maximum absolute atomic E-state index is 11.4. The van der Waals surface area contributed by atoms with Crippen molar-refractivity contribution in [2.24, 2.45) is 5.41 Å². The van der Waals surface area contributed by atoms with Gasteiger partial charge in [0.15, 0.2) is 0 Å². The van der Waals surface area contributed by atoms with E-state index in [0.717, 1.165) is 6.42 Å². The van der Waals surface area contributed by atoms with E-state index in [1.54, 1.807) is 7.05 Å². The normalized spacial score (nSPS) is 30.4. The van der Waals surface area contributed by atoms with E-state index in [9.17, 15) is 4.79 Å². The Bertz CT molecular complexity index is 245. The average molecular weight is 195 g/mol. The van der Waals surface area contributed by atoms with E-state index in [2.05, 4.69) is 25.2 Å². The molecule has 0 aliphatic heterocycles. The SMILES string of the molecule is C/C=C1/CCCCC1(C)CC(=O)NC. The number of allylic oxidation sites excluding steroid dienone is 2. The van der Waals surface area contributed by atoms with Gasteiger partial charge in [-0.1, -0.05) is 25.0 Å². The number of amides is 1. The van der Waals surface area contributed by atoms with Gasteiger partial charge >= 0.3 is 0 Å². The molecule has 1 unspecified atom stereocenters. The summed E-state index contributed by atoms with van der Waals surface area (Å²) in [4.78, 5) is 11.4. The second-order valence-electron chi connectivity index (χ2n) is 4.43. The van der Waals surface area contributed by atoms with Crippen molar-refractivity contribution in [1.29, 1.82) is 0 Å². The minimum atomic E-state index is 0.118. The minimum absolute atomic E-state index is 0.118. The Hall–Kier alpha value is -0.790. The number of carbonyl (C=O) groups excluding carboxylic acids is 1. The van der Waals surface area contributed by atoms with Crippen LogP contribution in [0.3, 0.4) is 0 Å². The van der Waals surface area contributed by atoms with Gasteiger partial charge in [-0.3, -0.25) is 4.79 Å². The Balaban J connectivity index is 2.73. The second kappa shape index (κ2) is 4.63. The summed E-state index contributed by atoms with van der Waals surface area (Å²) < 4.78 is 0. The second-order valence-corrected chi connectivity index (χ2v) is 4.43. The highest BCUT2D eigenvalue weighted by molar-refractivity contribution is 5.76. The van der Waals surface area contributed by atoms with Crippen LogP contribution >= 0.6 is 0 Å². The van der Waals surface area contributed by atoms with Crippen LogP contribution in [-0.2, 0) is 4.79 Å². The van der Waals surface area contributed by atoms with E-state index >= 15 is 0 Å². The van der Waals surface area contributed by atoms with E-state index in [1.807, 2.05) is 0 Å². The summed E-state index contributed by atoms with van der Waals surface area (Å²) in [6, 6.07) is 0. The van der Waals surface area contributed by atoms with Crippen LogP contribution in [0.2, 0.25) is 0 Å². The summed E-state index contributed by atoms with van der Waals surface area (Å²) in [7, 11) is 1.71. The maximum Gasteiger partial charge on any atom is 0.220 e. The van der Waals surface area contributed by atoms with Gasteiger partial charge in [-0.25, -0.2) is 0 Å². The smallest absolute Gasteiger partial charge is 0.220 e. The number of nitrogens with one attached hydrogen (secondary N) is 1. The highest BCUT2D eigenvalue weighted by Crippen LogP contribution is 2.42. The van der Waals surface area contributed by atoms with Gasteiger partial charge in [0.2, 0.25) is 5.91 Å². The highest BCUT2D eigenvalue weighted by atomic mass is 16.1. The Labute approximate surface area is 86.8 Å². The Kier molecular flexibility index (Phi) is 3.73. The molecule has 1 saturated carbocycles. The quantitative estimate of drug-likeness (QED) is 0.674. The molecule has 80 valence electrons. The van der Waals surface area contributed by atoms with E-state index in [1.165, 1.54) is 24.8 Å². The molecule has 0 aromatic rings. The summed E-state index contributed by atoms with van der Waals surface area (Å²) in [5.41, 5.74) is 1.58. The van der Waals surface area contributed by atoms with Crippen LogP contribution in [0.25, 0.3) is 0 Å². The van der Waals surface area contributed by atoms with Crippen LogP contribution in [-0.4, -0.2) is 13.0 Å². The lowest BCUT2D eigenvalue weighted by Gasteiger charge is -2.36. The molecule has 14 heavy (non-hydrogen) atoms. The lowest BCUT2D eigenvalue weighted by Crippen LogP contribution is -2.31. The molecule has 2 heteroatoms. The number of hydrogen-bond donors (Lipinski definition) is 1. The molecule has 1 fully saturated rings. The van der Waals surface area contributed by atoms with Gasteiger partial charge in [0.05, 0.1) is 0 Å². The van der Waals surface area contributed by atoms with Crippen molar-refractivity contribution in [3.8, 4) is 0 Å². The monoisotopic (exact) mass is 195 g/mol. The first-order chi connectivity index (χ1) is 6.62. The van der Waals surface area contributed by atoms with Gasteiger partial charge < -0.3 is 5.32 Å². The molecular weight excluding hydrogens is 174 g/mol. The molecule has 0 saturated heterocycles. The van der Waals surface area contributed by atoms with Crippen molar-refractivity contribution in [3.05, 3.63) is 11.6 Å². The molecule has 1 N–H and O–H groups in total. The Morgan fingerprint density at radius 2 is 2.29 bits per heavy atom. The molecule has 1 aliphatic rings. The van der Waals surface area contributed by atoms with Crippen LogP contribution in [0.5, 0.6) is 0 Å². The summed E-state index contributed by atoms with van der Waals surface area (Å²) >= 11 is 0. The number of carbonyl (C=O) groups is 1. The van der Waals surface area contributed by atoms with Gasteiger partial charge in [0.25, 0.3) is 0 Å². The first-order valence-corrected chi connectivity index (χ1v) is 5.48. The fourth-order valence-electron chi connectivity index (χ4n) is 2.43. The molecule has 0 radical (unpaired) electrons. The molecule has 1 rings (SSSR count). The predicted octanol–water partition coefficient (Wildman–Crippen LogP) is 2.65. The van der Waals surface area contributed by atoms with Crippen LogP contribution in [0.1, 0.15) is 46.0 Å². The summed E-state index contributed by atoms with van der Waals surface area (Å²) in [5, 5.41) is 2.72. The van der Waals surface area contributed by atoms with E-state index in [-0.39, 0.29) is 11.3 Å². The van der Waals surface area contributed by atoms with Crippen LogP contribution in [0.4, 0.5) is 0 Å². The minimum Gasteiger partial charge on any atom is -0.359 e. The van der Waals surface area contributed by atoms with Crippen LogP contribution in [0, 0.1) is 5.41 Å². The summed E-state index contributed by atoms with van der Waals surface area (Å²) in [6.07, 6.45) is 7.70. The molecule has 0 bridgehead atoms. The largest absolute Gasteiger partial charge is 0.359 e. The topological polar surface area (TPSA) is 29.1 Å². The van der Waals surface area contributed by atoms with Crippen molar-refractivity contribution in [1.82, 2.24) is 5.32 Å². The number of rotatable bonds is 2. The summed E-state index contributed by atoms with van der Waals surface area (Å²) in [5.74, 6) is 0.161. The first-order valence-electron chi connectivity index (χ1n) is 5.48. The third kappa shape index (κ3) is 2.37. The zero-order valence-electron chi connectivity index (χ0n) is 9.52. The molecule has 0 aromatic carbocycles. The molecular formula is C12H21NO. The fraction of sp³-hybridized carbons (Fsp3) is 0.750. The third-order valence-electron chi connectivity index (χ3n) is 3.38. The molecule has 1 aliphatic carbocycles. The lowest BCUT2D eigenvalue weighted by molar-refractivity contribution is -0.122. The third-order valence-corrected chi connectivity index (χ3v) is 3.38.